The van der Waals surface area contributed by atoms with Gasteiger partial charge in [-0.05, 0) is 6.07 Å². The topological polar surface area (TPSA) is 230 Å². The maximum Gasteiger partial charge on any atom is 0.485 e. The lowest BCUT2D eigenvalue weighted by Crippen LogP contribution is -2.28. The number of ether oxygens (including phenoxy) is 1. The highest BCUT2D eigenvalue weighted by Crippen LogP contribution is 2.66. The monoisotopic (exact) mass is 464 g/mol. The minimum atomic E-state index is -5.37. The van der Waals surface area contributed by atoms with Crippen LogP contribution in [-0.4, -0.2) is 55.7 Å². The fourth-order valence-corrected chi connectivity index (χ4v) is 4.67. The average Bonchev–Trinajstić information content (AvgIpc) is 2.82. The number of hydrogen-bond donors (Lipinski definition) is 5. The zero-order valence-electron chi connectivity index (χ0n) is 13.2. The highest BCUT2D eigenvalue weighted by atomic mass is 31.3. The van der Waals surface area contributed by atoms with Crippen molar-refractivity contribution in [2.75, 3.05) is 12.3 Å². The first-order valence-electron chi connectivity index (χ1n) is 6.94. The van der Waals surface area contributed by atoms with Crippen molar-refractivity contribution in [3.8, 4) is 0 Å². The molecule has 28 heavy (non-hydrogen) atoms. The van der Waals surface area contributed by atoms with Crippen molar-refractivity contribution >= 4 is 36.5 Å². The van der Waals surface area contributed by atoms with Gasteiger partial charge < -0.3 is 39.3 Å². The maximum atomic E-state index is 12.2. The minimum Gasteiger partial charge on any atom is -0.390 e. The molecule has 15 nitrogen and oxygen atoms in total. The van der Waals surface area contributed by atoms with Crippen LogP contribution in [0.5, 0.6) is 0 Å². The summed E-state index contributed by atoms with van der Waals surface area (Å²) in [5.41, 5.74) is 4.68. The maximum absolute atomic E-state index is 12.2. The third kappa shape index (κ3) is 6.87. The zero-order chi connectivity index (χ0) is 21.3. The van der Waals surface area contributed by atoms with Gasteiger partial charge in [0.2, 0.25) is 0 Å². The molecule has 0 saturated carbocycles. The lowest BCUT2D eigenvalue weighted by Gasteiger charge is -2.24. The molecule has 1 saturated heterocycles. The molecule has 0 aromatic carbocycles. The molecule has 3 unspecified atom stereocenters. The van der Waals surface area contributed by atoms with Crippen LogP contribution in [0.2, 0.25) is 0 Å². The quantitative estimate of drug-likeness (QED) is 0.211. The molecule has 0 radical (unpaired) electrons. The van der Waals surface area contributed by atoms with E-state index in [1.165, 1.54) is 12.3 Å². The van der Waals surface area contributed by atoms with E-state index in [0.29, 0.717) is 0 Å². The number of rotatable bonds is 8. The third-order valence-electron chi connectivity index (χ3n) is 3.09. The second-order valence-electron chi connectivity index (χ2n) is 5.12. The van der Waals surface area contributed by atoms with Crippen molar-refractivity contribution in [1.82, 2.24) is 9.55 Å². The predicted octanol–water partition coefficient (Wildman–Crippen LogP) is -1.81. The molecule has 1 aromatic rings. The summed E-state index contributed by atoms with van der Waals surface area (Å²) >= 11 is 0. The second kappa shape index (κ2) is 8.46. The van der Waals surface area contributed by atoms with E-state index in [1.807, 2.05) is 0 Å². The summed E-state index contributed by atoms with van der Waals surface area (Å²) in [5, 5.41) is 10.0. The van der Waals surface area contributed by atoms with Crippen molar-refractivity contribution in [3.63, 3.8) is 0 Å². The van der Waals surface area contributed by atoms with Crippen LogP contribution >= 0.6 is 23.1 Å². The van der Waals surface area contributed by atoms with Crippen molar-refractivity contribution in [2.45, 2.75) is 24.9 Å². The number of phosphoric acid groups is 2. The molecule has 1 fully saturated rings. The number of aliphatic hydroxyl groups is 1. The van der Waals surface area contributed by atoms with E-state index in [2.05, 4.69) is 13.6 Å². The fourth-order valence-electron chi connectivity index (χ4n) is 2.07. The molecule has 0 bridgehead atoms. The summed E-state index contributed by atoms with van der Waals surface area (Å²) in [6, 6.07) is 1.35. The Hall–Kier alpha value is -0.885. The number of anilines is 1. The molecule has 19 heteroatoms. The van der Waals surface area contributed by atoms with Gasteiger partial charge in [-0.25, -0.2) is 18.2 Å². The molecular formula is C9H18BN3O12P3-. The molecule has 160 valence electrons. The van der Waals surface area contributed by atoms with Crippen molar-refractivity contribution in [2.24, 2.45) is 0 Å². The molecule has 2 rings (SSSR count). The van der Waals surface area contributed by atoms with Crippen LogP contribution in [0.1, 0.15) is 12.6 Å². The Labute approximate surface area is 158 Å². The highest BCUT2D eigenvalue weighted by molar-refractivity contribution is 7.84. The molecule has 0 spiro atoms. The molecule has 5 atom stereocenters. The number of aromatic nitrogens is 2. The molecular weight excluding hydrogens is 446 g/mol. The summed E-state index contributed by atoms with van der Waals surface area (Å²) in [4.78, 5) is 41.7. The Morgan fingerprint density at radius 2 is 1.96 bits per heavy atom. The molecule has 1 aliphatic heterocycles. The fraction of sp³-hybridized carbons (Fsp3) is 0.556. The van der Waals surface area contributed by atoms with Gasteiger partial charge in [-0.1, -0.05) is 0 Å². The number of nitrogens with two attached hydrogens (primary N) is 1. The molecule has 2 heterocycles. The number of nitrogens with zero attached hydrogens (tertiary/aromatic N) is 2. The average molecular weight is 464 g/mol. The lowest BCUT2D eigenvalue weighted by molar-refractivity contribution is -0.0415. The van der Waals surface area contributed by atoms with Crippen LogP contribution in [0.15, 0.2) is 17.1 Å². The van der Waals surface area contributed by atoms with E-state index in [9.17, 15) is 28.5 Å². The van der Waals surface area contributed by atoms with Crippen LogP contribution in [0.3, 0.4) is 0 Å². The van der Waals surface area contributed by atoms with Gasteiger partial charge in [0, 0.05) is 12.6 Å². The predicted molar refractivity (Wildman–Crippen MR) is 95.0 cm³/mol. The van der Waals surface area contributed by atoms with Gasteiger partial charge in [-0.2, -0.15) is 9.29 Å². The number of hydrogen-bond acceptors (Lipinski definition) is 11. The van der Waals surface area contributed by atoms with Gasteiger partial charge in [0.05, 0.1) is 20.3 Å². The van der Waals surface area contributed by atoms with Crippen molar-refractivity contribution in [1.29, 1.82) is 0 Å². The largest absolute Gasteiger partial charge is 0.485 e. The third-order valence-corrected chi connectivity index (χ3v) is 6.48. The molecule has 0 amide bonds. The summed E-state index contributed by atoms with van der Waals surface area (Å²) < 4.78 is 53.6. The second-order valence-corrected chi connectivity index (χ2v) is 9.05. The van der Waals surface area contributed by atoms with E-state index >= 15 is 0 Å². The molecule has 1 aliphatic rings. The normalized spacial score (nSPS) is 27.2. The SMILES string of the molecule is [BH3-]P(=O)(OC[C@H]1O[C@@H](n2ccc(N)nc2=O)CC1O)OP(=O)(O)OP(=O)(O)O. The number of aliphatic hydroxyl groups excluding tert-OH is 1. The smallest absolute Gasteiger partial charge is 0.390 e. The van der Waals surface area contributed by atoms with Gasteiger partial charge in [-0.15, -0.1) is 0 Å². The van der Waals surface area contributed by atoms with Gasteiger partial charge in [-0.3, -0.25) is 4.57 Å². The first kappa shape index (κ1) is 23.4. The standard InChI is InChI=1S/C9H18BN3O12P3/c10-26(16,24-28(20,21)25-27(17,18)19)22-4-6-5(14)3-8(23-6)13-2-1-7(11)12-9(13)15/h1-2,5-6,8,14H,3-4H2,10H3,(H,20,21)(H2,11,12,15)(H2,17,18,19)/q-1/t5?,6-,8-,26?/m1/s1. The summed E-state index contributed by atoms with van der Waals surface area (Å²) in [7, 11) is -16.2. The molecule has 1 aromatic heterocycles. The van der Waals surface area contributed by atoms with Crippen LogP contribution in [0.25, 0.3) is 0 Å². The summed E-state index contributed by atoms with van der Waals surface area (Å²) in [5.74, 6) is 0.00336. The van der Waals surface area contributed by atoms with Gasteiger partial charge in [0.25, 0.3) is 0 Å². The van der Waals surface area contributed by atoms with E-state index in [-0.39, 0.29) is 12.2 Å². The number of nitrogen functional groups attached to an aromatic ring is 1. The highest BCUT2D eigenvalue weighted by Gasteiger charge is 2.39. The van der Waals surface area contributed by atoms with Crippen LogP contribution < -0.4 is 11.4 Å². The lowest BCUT2D eigenvalue weighted by atomic mass is 10.2. The zero-order valence-corrected chi connectivity index (χ0v) is 15.9. The Bertz CT molecular complexity index is 919. The molecule has 6 N–H and O–H groups in total. The molecule has 0 aliphatic carbocycles. The van der Waals surface area contributed by atoms with Crippen LogP contribution in [0.4, 0.5) is 5.82 Å². The van der Waals surface area contributed by atoms with E-state index in [1.54, 1.807) is 0 Å². The Morgan fingerprint density at radius 3 is 2.54 bits per heavy atom. The summed E-state index contributed by atoms with van der Waals surface area (Å²) in [6.07, 6.45) is -1.82. The van der Waals surface area contributed by atoms with Crippen molar-refractivity contribution < 1.29 is 51.4 Å². The van der Waals surface area contributed by atoms with E-state index in [4.69, 9.17) is 24.8 Å². The van der Waals surface area contributed by atoms with Crippen LogP contribution in [-0.2, 0) is 31.6 Å². The Morgan fingerprint density at radius 1 is 1.32 bits per heavy atom. The Balaban J connectivity index is 1.98. The van der Waals surface area contributed by atoms with Crippen LogP contribution in [0, 0.1) is 0 Å². The van der Waals surface area contributed by atoms with Crippen molar-refractivity contribution in [3.05, 3.63) is 22.7 Å². The van der Waals surface area contributed by atoms with E-state index in [0.717, 1.165) is 4.57 Å². The Kier molecular flexibility index (Phi) is 7.07. The van der Waals surface area contributed by atoms with E-state index < -0.39 is 61.4 Å². The minimum absolute atomic E-state index is 0.00336. The first-order valence-corrected chi connectivity index (χ1v) is 11.1. The van der Waals surface area contributed by atoms with Gasteiger partial charge in [0.15, 0.2) is 7.47 Å². The van der Waals surface area contributed by atoms with Gasteiger partial charge >= 0.3 is 21.3 Å². The summed E-state index contributed by atoms with van der Waals surface area (Å²) in [6.45, 7) is -0.536. The first-order chi connectivity index (χ1) is 12.7. The van der Waals surface area contributed by atoms with Gasteiger partial charge in [0.1, 0.15) is 18.1 Å².